The number of hydrogen-bond acceptors (Lipinski definition) is 1. The molecule has 0 atom stereocenters. The number of imidazole rings is 1. The van der Waals surface area contributed by atoms with E-state index < -0.39 is 0 Å². The maximum absolute atomic E-state index is 4.77. The zero-order valence-corrected chi connectivity index (χ0v) is 10.1. The molecule has 0 N–H and O–H groups in total. The first-order valence-corrected chi connectivity index (χ1v) is 6.21. The van der Waals surface area contributed by atoms with E-state index in [0.717, 1.165) is 30.7 Å². The molecule has 2 heteroatoms. The Morgan fingerprint density at radius 1 is 1.29 bits per heavy atom. The number of hydrogen-bond donors (Lipinski definition) is 0. The number of aromatic nitrogens is 2. The van der Waals surface area contributed by atoms with Crippen LogP contribution in [-0.2, 0) is 6.54 Å². The molecule has 0 amide bonds. The lowest BCUT2D eigenvalue weighted by molar-refractivity contribution is 0.766. The predicted octanol–water partition coefficient (Wildman–Crippen LogP) is 3.79. The second-order valence-corrected chi connectivity index (χ2v) is 4.33. The van der Waals surface area contributed by atoms with Crippen LogP contribution in [0.3, 0.4) is 0 Å². The summed E-state index contributed by atoms with van der Waals surface area (Å²) in [4.78, 5) is 4.77. The number of benzene rings is 1. The van der Waals surface area contributed by atoms with Gasteiger partial charge in [0.2, 0.25) is 0 Å². The molecule has 0 unspecified atom stereocenters. The van der Waals surface area contributed by atoms with Gasteiger partial charge in [0.25, 0.3) is 0 Å². The van der Waals surface area contributed by atoms with Crippen molar-refractivity contribution in [3.8, 4) is 0 Å². The lowest BCUT2D eigenvalue weighted by Crippen LogP contribution is -2.02. The first kappa shape index (κ1) is 10.3. The molecule has 1 aromatic heterocycles. The average Bonchev–Trinajstić information content (AvgIpc) is 2.78. The van der Waals surface area contributed by atoms with Gasteiger partial charge in [-0.3, -0.25) is 0 Å². The van der Waals surface area contributed by atoms with Crippen molar-refractivity contribution in [2.75, 3.05) is 0 Å². The van der Waals surface area contributed by atoms with Gasteiger partial charge in [-0.25, -0.2) is 4.98 Å². The molecule has 17 heavy (non-hydrogen) atoms. The van der Waals surface area contributed by atoms with Gasteiger partial charge >= 0.3 is 0 Å². The van der Waals surface area contributed by atoms with Crippen LogP contribution in [0.2, 0.25) is 0 Å². The Hall–Kier alpha value is -1.83. The first-order valence-electron chi connectivity index (χ1n) is 6.21. The second kappa shape index (κ2) is 4.21. The van der Waals surface area contributed by atoms with Crippen LogP contribution >= 0.6 is 0 Å². The lowest BCUT2D eigenvalue weighted by Gasteiger charge is -2.10. The van der Waals surface area contributed by atoms with Crippen LogP contribution in [0.15, 0.2) is 42.5 Å². The van der Waals surface area contributed by atoms with E-state index >= 15 is 0 Å². The molecule has 2 aromatic rings. The molecular weight excluding hydrogens is 208 g/mol. The molecule has 2 nitrogen and oxygen atoms in total. The smallest absolute Gasteiger partial charge is 0.137 e. The van der Waals surface area contributed by atoms with E-state index in [0.29, 0.717) is 0 Å². The number of para-hydroxylation sites is 2. The minimum atomic E-state index is 0.969. The quantitative estimate of drug-likeness (QED) is 0.759. The van der Waals surface area contributed by atoms with Crippen molar-refractivity contribution in [3.05, 3.63) is 48.3 Å². The standard InChI is InChI=1S/C15H16N2/c1-2-17-14-11-7-6-10-13(14)16-15(17)12-8-4-3-5-9-12/h3-4,6-8,10-11H,2,5,9H2,1H3. The fourth-order valence-corrected chi connectivity index (χ4v) is 2.43. The third-order valence-electron chi connectivity index (χ3n) is 3.27. The molecule has 0 saturated heterocycles. The Morgan fingerprint density at radius 2 is 2.18 bits per heavy atom. The normalized spacial score (nSPS) is 15.2. The Balaban J connectivity index is 2.21. The van der Waals surface area contributed by atoms with Gasteiger partial charge in [-0.1, -0.05) is 30.4 Å². The number of allylic oxidation sites excluding steroid dienone is 4. The van der Waals surface area contributed by atoms with Crippen molar-refractivity contribution < 1.29 is 0 Å². The van der Waals surface area contributed by atoms with Gasteiger partial charge in [-0.15, -0.1) is 0 Å². The summed E-state index contributed by atoms with van der Waals surface area (Å²) in [5, 5.41) is 0. The predicted molar refractivity (Wildman–Crippen MR) is 71.8 cm³/mol. The molecule has 0 saturated carbocycles. The summed E-state index contributed by atoms with van der Waals surface area (Å²) >= 11 is 0. The monoisotopic (exact) mass is 224 g/mol. The van der Waals surface area contributed by atoms with Gasteiger partial charge in [0.1, 0.15) is 5.82 Å². The van der Waals surface area contributed by atoms with Crippen molar-refractivity contribution >= 4 is 16.6 Å². The van der Waals surface area contributed by atoms with E-state index in [4.69, 9.17) is 4.98 Å². The van der Waals surface area contributed by atoms with Crippen LogP contribution in [0.1, 0.15) is 25.6 Å². The molecule has 1 aliphatic carbocycles. The fraction of sp³-hybridized carbons (Fsp3) is 0.267. The van der Waals surface area contributed by atoms with Gasteiger partial charge in [0, 0.05) is 6.54 Å². The lowest BCUT2D eigenvalue weighted by atomic mass is 10.0. The van der Waals surface area contributed by atoms with E-state index in [9.17, 15) is 0 Å². The minimum Gasteiger partial charge on any atom is -0.325 e. The topological polar surface area (TPSA) is 17.8 Å². The van der Waals surface area contributed by atoms with Crippen LogP contribution in [0.25, 0.3) is 16.6 Å². The van der Waals surface area contributed by atoms with Gasteiger partial charge in [0.05, 0.1) is 11.0 Å². The van der Waals surface area contributed by atoms with Crippen molar-refractivity contribution in [1.82, 2.24) is 9.55 Å². The summed E-state index contributed by atoms with van der Waals surface area (Å²) < 4.78 is 2.31. The highest BCUT2D eigenvalue weighted by atomic mass is 15.1. The molecule has 3 rings (SSSR count). The molecule has 0 radical (unpaired) electrons. The molecular formula is C15H16N2. The molecule has 1 heterocycles. The highest BCUT2D eigenvalue weighted by Crippen LogP contribution is 2.26. The fourth-order valence-electron chi connectivity index (χ4n) is 2.43. The molecule has 1 aromatic carbocycles. The Morgan fingerprint density at radius 3 is 2.94 bits per heavy atom. The summed E-state index contributed by atoms with van der Waals surface area (Å²) in [7, 11) is 0. The van der Waals surface area contributed by atoms with Crippen LogP contribution in [0.5, 0.6) is 0 Å². The third kappa shape index (κ3) is 1.70. The van der Waals surface area contributed by atoms with Crippen LogP contribution in [-0.4, -0.2) is 9.55 Å². The van der Waals surface area contributed by atoms with Crippen molar-refractivity contribution in [3.63, 3.8) is 0 Å². The van der Waals surface area contributed by atoms with Gasteiger partial charge < -0.3 is 4.57 Å². The van der Waals surface area contributed by atoms with Crippen molar-refractivity contribution in [2.24, 2.45) is 0 Å². The Kier molecular flexibility index (Phi) is 2.56. The zero-order chi connectivity index (χ0) is 11.7. The molecule has 1 aliphatic rings. The van der Waals surface area contributed by atoms with E-state index in [1.54, 1.807) is 0 Å². The number of rotatable bonds is 2. The number of aryl methyl sites for hydroxylation is 1. The van der Waals surface area contributed by atoms with Gasteiger partial charge in [-0.2, -0.15) is 0 Å². The minimum absolute atomic E-state index is 0.969. The molecule has 0 bridgehead atoms. The van der Waals surface area contributed by atoms with Crippen LogP contribution in [0.4, 0.5) is 0 Å². The average molecular weight is 224 g/mol. The van der Waals surface area contributed by atoms with Crippen LogP contribution < -0.4 is 0 Å². The number of nitrogens with zero attached hydrogens (tertiary/aromatic N) is 2. The van der Waals surface area contributed by atoms with E-state index in [2.05, 4.69) is 47.9 Å². The molecule has 0 fully saturated rings. The van der Waals surface area contributed by atoms with Crippen molar-refractivity contribution in [2.45, 2.75) is 26.3 Å². The molecule has 0 aliphatic heterocycles. The van der Waals surface area contributed by atoms with E-state index in [1.165, 1.54) is 11.1 Å². The second-order valence-electron chi connectivity index (χ2n) is 4.33. The summed E-state index contributed by atoms with van der Waals surface area (Å²) in [6.07, 6.45) is 8.76. The van der Waals surface area contributed by atoms with Crippen LogP contribution in [0, 0.1) is 0 Å². The largest absolute Gasteiger partial charge is 0.325 e. The third-order valence-corrected chi connectivity index (χ3v) is 3.27. The Bertz CT molecular complexity index is 602. The molecule has 0 spiro atoms. The highest BCUT2D eigenvalue weighted by molar-refractivity contribution is 5.80. The maximum atomic E-state index is 4.77. The summed E-state index contributed by atoms with van der Waals surface area (Å²) in [6, 6.07) is 8.36. The SMILES string of the molecule is CCn1c(C2=CC=CCC2)nc2ccccc21. The zero-order valence-electron chi connectivity index (χ0n) is 10.1. The Labute approximate surface area is 101 Å². The van der Waals surface area contributed by atoms with E-state index in [-0.39, 0.29) is 0 Å². The summed E-state index contributed by atoms with van der Waals surface area (Å²) in [5.74, 6) is 1.14. The first-order chi connectivity index (χ1) is 8.40. The van der Waals surface area contributed by atoms with Gasteiger partial charge in [-0.05, 0) is 37.5 Å². The highest BCUT2D eigenvalue weighted by Gasteiger charge is 2.13. The number of fused-ring (bicyclic) bond motifs is 1. The maximum Gasteiger partial charge on any atom is 0.137 e. The van der Waals surface area contributed by atoms with Gasteiger partial charge in [0.15, 0.2) is 0 Å². The van der Waals surface area contributed by atoms with E-state index in [1.807, 2.05) is 6.07 Å². The summed E-state index contributed by atoms with van der Waals surface area (Å²) in [6.45, 7) is 3.15. The van der Waals surface area contributed by atoms with Crippen molar-refractivity contribution in [1.29, 1.82) is 0 Å². The molecule has 86 valence electrons. The summed E-state index contributed by atoms with van der Waals surface area (Å²) in [5.41, 5.74) is 3.69.